The van der Waals surface area contributed by atoms with E-state index in [4.69, 9.17) is 11.6 Å². The van der Waals surface area contributed by atoms with Crippen molar-refractivity contribution in [3.8, 4) is 0 Å². The average molecular weight is 599 g/mol. The summed E-state index contributed by atoms with van der Waals surface area (Å²) in [6, 6.07) is 7.85. The molecule has 3 heterocycles. The number of hydrogen-bond donors (Lipinski definition) is 0. The first-order valence-electron chi connectivity index (χ1n) is 14.9. The van der Waals surface area contributed by atoms with Crippen molar-refractivity contribution >= 4 is 17.5 Å². The summed E-state index contributed by atoms with van der Waals surface area (Å²) in [5, 5.41) is 13.0. The zero-order valence-corrected chi connectivity index (χ0v) is 26.1. The molecule has 5 rings (SSSR count). The van der Waals surface area contributed by atoms with Crippen LogP contribution in [0.1, 0.15) is 93.4 Å². The van der Waals surface area contributed by atoms with Crippen LogP contribution in [0.5, 0.6) is 0 Å². The van der Waals surface area contributed by atoms with Gasteiger partial charge in [0, 0.05) is 55.1 Å². The van der Waals surface area contributed by atoms with E-state index in [9.17, 15) is 13.6 Å². The van der Waals surface area contributed by atoms with Gasteiger partial charge in [-0.3, -0.25) is 9.69 Å². The maximum atomic E-state index is 15.0. The second kappa shape index (κ2) is 12.0. The smallest absolute Gasteiger partial charge is 0.227 e. The number of benzene rings is 2. The molecule has 1 aromatic heterocycles. The Hall–Kier alpha value is -2.91. The highest BCUT2D eigenvalue weighted by Crippen LogP contribution is 2.41. The lowest BCUT2D eigenvalue weighted by molar-refractivity contribution is -0.136. The minimum Gasteiger partial charge on any atom is -0.342 e. The third kappa shape index (κ3) is 5.95. The first kappa shape index (κ1) is 30.5. The van der Waals surface area contributed by atoms with Crippen molar-refractivity contribution < 1.29 is 13.6 Å². The summed E-state index contributed by atoms with van der Waals surface area (Å²) in [6.45, 7) is 14.8. The molecular formula is C32H41ClF2N6O. The summed E-state index contributed by atoms with van der Waals surface area (Å²) < 4.78 is 30.5. The SMILES string of the molecule is CCc1nnnn1C(C)c1cc(Cl)c(C)cc1C1CCN(C(=O)C2CN(C(C)(C)C)C[C@H]2c2ccc(F)cc2F)CC1. The first-order valence-corrected chi connectivity index (χ1v) is 15.3. The third-order valence-electron chi connectivity index (χ3n) is 9.25. The fourth-order valence-corrected chi connectivity index (χ4v) is 6.85. The molecule has 2 unspecified atom stereocenters. The van der Waals surface area contributed by atoms with E-state index in [1.807, 2.05) is 29.5 Å². The van der Waals surface area contributed by atoms with Crippen LogP contribution in [0, 0.1) is 24.5 Å². The molecular weight excluding hydrogens is 558 g/mol. The number of likely N-dealkylation sites (tertiary alicyclic amines) is 2. The Morgan fingerprint density at radius 3 is 2.45 bits per heavy atom. The Balaban J connectivity index is 1.36. The number of nitrogens with zero attached hydrogens (tertiary/aromatic N) is 6. The Labute approximate surface area is 252 Å². The van der Waals surface area contributed by atoms with Crippen LogP contribution < -0.4 is 0 Å². The van der Waals surface area contributed by atoms with Gasteiger partial charge in [-0.05, 0) is 98.2 Å². The summed E-state index contributed by atoms with van der Waals surface area (Å²) in [5.74, 6) is -0.782. The van der Waals surface area contributed by atoms with Gasteiger partial charge in [-0.15, -0.1) is 5.10 Å². The van der Waals surface area contributed by atoms with Crippen LogP contribution in [0.2, 0.25) is 5.02 Å². The zero-order chi connectivity index (χ0) is 30.3. The lowest BCUT2D eigenvalue weighted by Crippen LogP contribution is -2.44. The number of aryl methyl sites for hydroxylation is 2. The lowest BCUT2D eigenvalue weighted by atomic mass is 9.82. The number of carbonyl (C=O) groups excluding carboxylic acids is 1. The first-order chi connectivity index (χ1) is 19.9. The van der Waals surface area contributed by atoms with Gasteiger partial charge in [0.25, 0.3) is 0 Å². The molecule has 0 bridgehead atoms. The van der Waals surface area contributed by atoms with E-state index >= 15 is 0 Å². The highest BCUT2D eigenvalue weighted by Gasteiger charge is 2.45. The molecule has 0 aliphatic carbocycles. The summed E-state index contributed by atoms with van der Waals surface area (Å²) in [5.41, 5.74) is 3.58. The normalized spacial score (nSPS) is 21.2. The molecule has 0 radical (unpaired) electrons. The van der Waals surface area contributed by atoms with Gasteiger partial charge in [0.2, 0.25) is 5.91 Å². The molecule has 2 fully saturated rings. The van der Waals surface area contributed by atoms with Gasteiger partial charge in [-0.25, -0.2) is 13.5 Å². The number of aromatic nitrogens is 4. The standard InChI is InChI=1S/C32H41ClF2N6O/c1-7-30-36-37-38-41(30)20(3)24-16-28(33)19(2)14-25(24)21-10-12-39(13-11-21)31(42)27-18-40(32(4,5)6)17-26(27)23-9-8-22(34)15-29(23)35/h8-9,14-16,20-21,26-27H,7,10-13,17-18H2,1-6H3/t20?,26-,27?/m0/s1. The van der Waals surface area contributed by atoms with E-state index in [0.717, 1.165) is 42.3 Å². The van der Waals surface area contributed by atoms with Crippen LogP contribution >= 0.6 is 11.6 Å². The molecule has 2 saturated heterocycles. The van der Waals surface area contributed by atoms with Crippen LogP contribution in [-0.2, 0) is 11.2 Å². The summed E-state index contributed by atoms with van der Waals surface area (Å²) in [7, 11) is 0. The molecule has 42 heavy (non-hydrogen) atoms. The lowest BCUT2D eigenvalue weighted by Gasteiger charge is -2.36. The average Bonchev–Trinajstić information content (AvgIpc) is 3.61. The van der Waals surface area contributed by atoms with Gasteiger partial charge in [-0.1, -0.05) is 30.7 Å². The maximum absolute atomic E-state index is 15.0. The van der Waals surface area contributed by atoms with Crippen molar-refractivity contribution in [2.24, 2.45) is 5.92 Å². The van der Waals surface area contributed by atoms with E-state index in [2.05, 4.69) is 54.2 Å². The van der Waals surface area contributed by atoms with Crippen LogP contribution in [0.25, 0.3) is 0 Å². The second-order valence-corrected chi connectivity index (χ2v) is 13.3. The number of piperidine rings is 1. The summed E-state index contributed by atoms with van der Waals surface area (Å²) in [4.78, 5) is 18.2. The quantitative estimate of drug-likeness (QED) is 0.333. The van der Waals surface area contributed by atoms with E-state index in [1.54, 1.807) is 0 Å². The molecule has 1 amide bonds. The monoisotopic (exact) mass is 598 g/mol. The summed E-state index contributed by atoms with van der Waals surface area (Å²) in [6.07, 6.45) is 2.35. The van der Waals surface area contributed by atoms with Crippen molar-refractivity contribution in [1.82, 2.24) is 30.0 Å². The third-order valence-corrected chi connectivity index (χ3v) is 9.66. The molecule has 2 aliphatic rings. The highest BCUT2D eigenvalue weighted by molar-refractivity contribution is 6.31. The van der Waals surface area contributed by atoms with Gasteiger partial charge >= 0.3 is 0 Å². The number of tetrazole rings is 1. The molecule has 2 aromatic carbocycles. The number of amides is 1. The molecule has 0 N–H and O–H groups in total. The van der Waals surface area contributed by atoms with Gasteiger partial charge in [0.05, 0.1) is 12.0 Å². The Kier molecular flexibility index (Phi) is 8.72. The molecule has 7 nitrogen and oxygen atoms in total. The van der Waals surface area contributed by atoms with E-state index in [0.29, 0.717) is 36.8 Å². The van der Waals surface area contributed by atoms with Gasteiger partial charge in [0.15, 0.2) is 5.82 Å². The molecule has 226 valence electrons. The van der Waals surface area contributed by atoms with Gasteiger partial charge in [-0.2, -0.15) is 0 Å². The molecule has 3 aromatic rings. The number of carbonyl (C=O) groups is 1. The van der Waals surface area contributed by atoms with Crippen LogP contribution in [0.4, 0.5) is 8.78 Å². The topological polar surface area (TPSA) is 67.2 Å². The van der Waals surface area contributed by atoms with Crippen molar-refractivity contribution in [2.45, 2.75) is 84.2 Å². The van der Waals surface area contributed by atoms with Gasteiger partial charge in [0.1, 0.15) is 11.6 Å². The van der Waals surface area contributed by atoms with Crippen LogP contribution in [-0.4, -0.2) is 67.6 Å². The molecule has 3 atom stereocenters. The van der Waals surface area contributed by atoms with Gasteiger partial charge < -0.3 is 4.90 Å². The van der Waals surface area contributed by atoms with E-state index < -0.39 is 11.6 Å². The van der Waals surface area contributed by atoms with Crippen molar-refractivity contribution in [1.29, 1.82) is 0 Å². The Morgan fingerprint density at radius 2 is 1.81 bits per heavy atom. The predicted octanol–water partition coefficient (Wildman–Crippen LogP) is 6.30. The predicted molar refractivity (Wildman–Crippen MR) is 160 cm³/mol. The van der Waals surface area contributed by atoms with Crippen LogP contribution in [0.15, 0.2) is 30.3 Å². The maximum Gasteiger partial charge on any atom is 0.227 e. The number of halogens is 3. The summed E-state index contributed by atoms with van der Waals surface area (Å²) >= 11 is 6.60. The number of hydrogen-bond acceptors (Lipinski definition) is 5. The largest absolute Gasteiger partial charge is 0.342 e. The minimum absolute atomic E-state index is 0.0519. The Bertz CT molecular complexity index is 1450. The Morgan fingerprint density at radius 1 is 1.10 bits per heavy atom. The van der Waals surface area contributed by atoms with Crippen molar-refractivity contribution in [2.75, 3.05) is 26.2 Å². The molecule has 0 spiro atoms. The van der Waals surface area contributed by atoms with E-state index in [1.165, 1.54) is 17.7 Å². The number of rotatable bonds is 6. The fourth-order valence-electron chi connectivity index (χ4n) is 6.68. The fraction of sp³-hybridized carbons (Fsp3) is 0.562. The zero-order valence-electron chi connectivity index (χ0n) is 25.4. The molecule has 2 aliphatic heterocycles. The van der Waals surface area contributed by atoms with Crippen molar-refractivity contribution in [3.05, 3.63) is 75.1 Å². The minimum atomic E-state index is -0.607. The second-order valence-electron chi connectivity index (χ2n) is 12.9. The molecule has 0 saturated carbocycles. The van der Waals surface area contributed by atoms with E-state index in [-0.39, 0.29) is 35.2 Å². The molecule has 10 heteroatoms. The highest BCUT2D eigenvalue weighted by atomic mass is 35.5. The van der Waals surface area contributed by atoms with Crippen molar-refractivity contribution in [3.63, 3.8) is 0 Å². The van der Waals surface area contributed by atoms with Crippen LogP contribution in [0.3, 0.4) is 0 Å².